The zero-order valence-electron chi connectivity index (χ0n) is 20.0. The van der Waals surface area contributed by atoms with Gasteiger partial charge in [0.05, 0.1) is 29.5 Å². The second kappa shape index (κ2) is 13.5. The molecule has 2 heterocycles. The highest BCUT2D eigenvalue weighted by atomic mass is 127. The largest absolute Gasteiger partial charge is 0.373 e. The zero-order chi connectivity index (χ0) is 22.2. The van der Waals surface area contributed by atoms with Gasteiger partial charge in [-0.3, -0.25) is 4.90 Å². The third kappa shape index (κ3) is 8.61. The van der Waals surface area contributed by atoms with Gasteiger partial charge in [-0.05, 0) is 45.7 Å². The van der Waals surface area contributed by atoms with E-state index in [1.54, 1.807) is 11.3 Å². The molecule has 3 rings (SSSR count). The highest BCUT2D eigenvalue weighted by Crippen LogP contribution is 2.17. The SMILES string of the molecule is CCNC(=NCc1ccc(CN2CC(C)OC(C)C2)cc1)NCCc1nc(C)c(C)s1.I. The van der Waals surface area contributed by atoms with Gasteiger partial charge in [0.15, 0.2) is 5.96 Å². The fourth-order valence-electron chi connectivity index (χ4n) is 3.87. The molecule has 0 spiro atoms. The van der Waals surface area contributed by atoms with Crippen LogP contribution in [-0.4, -0.2) is 54.2 Å². The molecule has 2 unspecified atom stereocenters. The summed E-state index contributed by atoms with van der Waals surface area (Å²) in [5.41, 5.74) is 3.70. The number of aromatic nitrogens is 1. The molecule has 2 aromatic rings. The van der Waals surface area contributed by atoms with Crippen molar-refractivity contribution in [3.05, 3.63) is 51.0 Å². The van der Waals surface area contributed by atoms with Crippen LogP contribution in [0.1, 0.15) is 47.5 Å². The second-order valence-corrected chi connectivity index (χ2v) is 9.68. The molecule has 0 aliphatic carbocycles. The Morgan fingerprint density at radius 1 is 1.12 bits per heavy atom. The van der Waals surface area contributed by atoms with Crippen molar-refractivity contribution in [2.24, 2.45) is 4.99 Å². The van der Waals surface area contributed by atoms with Crippen LogP contribution in [0.3, 0.4) is 0 Å². The number of hydrogen-bond donors (Lipinski definition) is 2. The van der Waals surface area contributed by atoms with Gasteiger partial charge in [0.2, 0.25) is 0 Å². The van der Waals surface area contributed by atoms with Crippen LogP contribution in [0.4, 0.5) is 0 Å². The minimum atomic E-state index is 0. The summed E-state index contributed by atoms with van der Waals surface area (Å²) in [5, 5.41) is 7.94. The Balaban J connectivity index is 0.00000363. The molecule has 1 saturated heterocycles. The molecule has 178 valence electrons. The minimum absolute atomic E-state index is 0. The van der Waals surface area contributed by atoms with E-state index in [-0.39, 0.29) is 24.0 Å². The Morgan fingerprint density at radius 3 is 2.38 bits per heavy atom. The van der Waals surface area contributed by atoms with E-state index >= 15 is 0 Å². The lowest BCUT2D eigenvalue weighted by molar-refractivity contribution is -0.0704. The fraction of sp³-hybridized carbons (Fsp3) is 0.583. The third-order valence-corrected chi connectivity index (χ3v) is 6.53. The van der Waals surface area contributed by atoms with Crippen LogP contribution in [0.2, 0.25) is 0 Å². The van der Waals surface area contributed by atoms with Crippen molar-refractivity contribution in [2.75, 3.05) is 26.2 Å². The Hall–Kier alpha value is -1.23. The summed E-state index contributed by atoms with van der Waals surface area (Å²) in [6.07, 6.45) is 1.52. The monoisotopic (exact) mass is 571 g/mol. The lowest BCUT2D eigenvalue weighted by atomic mass is 10.1. The molecule has 0 saturated carbocycles. The fourth-order valence-corrected chi connectivity index (χ4v) is 4.80. The van der Waals surface area contributed by atoms with Crippen molar-refractivity contribution in [3.63, 3.8) is 0 Å². The first kappa shape index (κ1) is 27.0. The zero-order valence-corrected chi connectivity index (χ0v) is 23.1. The number of morpholine rings is 1. The number of halogens is 1. The predicted molar refractivity (Wildman–Crippen MR) is 145 cm³/mol. The van der Waals surface area contributed by atoms with Gasteiger partial charge in [-0.2, -0.15) is 0 Å². The van der Waals surface area contributed by atoms with Gasteiger partial charge in [0.25, 0.3) is 0 Å². The number of aliphatic imine (C=N–C) groups is 1. The Morgan fingerprint density at radius 2 is 1.78 bits per heavy atom. The molecule has 8 heteroatoms. The van der Waals surface area contributed by atoms with Gasteiger partial charge in [0, 0.05) is 44.0 Å². The molecule has 6 nitrogen and oxygen atoms in total. The van der Waals surface area contributed by atoms with Gasteiger partial charge in [-0.15, -0.1) is 35.3 Å². The van der Waals surface area contributed by atoms with Crippen LogP contribution in [0, 0.1) is 13.8 Å². The summed E-state index contributed by atoms with van der Waals surface area (Å²) in [7, 11) is 0. The molecule has 0 amide bonds. The summed E-state index contributed by atoms with van der Waals surface area (Å²) >= 11 is 1.78. The molecule has 0 bridgehead atoms. The molecule has 1 aromatic heterocycles. The van der Waals surface area contributed by atoms with Crippen molar-refractivity contribution in [1.82, 2.24) is 20.5 Å². The van der Waals surface area contributed by atoms with Crippen molar-refractivity contribution in [3.8, 4) is 0 Å². The van der Waals surface area contributed by atoms with Crippen LogP contribution in [-0.2, 0) is 24.2 Å². The summed E-state index contributed by atoms with van der Waals surface area (Å²) < 4.78 is 5.84. The van der Waals surface area contributed by atoms with E-state index in [1.807, 2.05) is 0 Å². The molecule has 1 aromatic carbocycles. The molecule has 0 radical (unpaired) electrons. The van der Waals surface area contributed by atoms with Crippen LogP contribution in [0.15, 0.2) is 29.3 Å². The number of nitrogens with one attached hydrogen (secondary N) is 2. The minimum Gasteiger partial charge on any atom is -0.373 e. The van der Waals surface area contributed by atoms with E-state index in [1.165, 1.54) is 21.0 Å². The predicted octanol–water partition coefficient (Wildman–Crippen LogP) is 4.28. The average molecular weight is 572 g/mol. The molecule has 2 atom stereocenters. The lowest BCUT2D eigenvalue weighted by Gasteiger charge is -2.35. The Kier molecular flexibility index (Phi) is 11.4. The standard InChI is InChI=1S/C24H37N5OS.HI/c1-6-25-24(26-12-11-23-28-19(4)20(5)31-23)27-13-21-7-9-22(10-8-21)16-29-14-17(2)30-18(3)15-29;/h7-10,17-18H,6,11-16H2,1-5H3,(H2,25,26,27);1H. The molecular weight excluding hydrogens is 533 g/mol. The van der Waals surface area contributed by atoms with Gasteiger partial charge in [0.1, 0.15) is 0 Å². The topological polar surface area (TPSA) is 61.8 Å². The van der Waals surface area contributed by atoms with E-state index in [0.29, 0.717) is 18.8 Å². The summed E-state index contributed by atoms with van der Waals surface area (Å²) in [5.74, 6) is 0.855. The lowest BCUT2D eigenvalue weighted by Crippen LogP contribution is -2.44. The smallest absolute Gasteiger partial charge is 0.191 e. The number of hydrogen-bond acceptors (Lipinski definition) is 5. The van der Waals surface area contributed by atoms with Crippen LogP contribution < -0.4 is 10.6 Å². The Labute approximate surface area is 214 Å². The van der Waals surface area contributed by atoms with Crippen LogP contribution in [0.5, 0.6) is 0 Å². The first-order chi connectivity index (χ1) is 14.9. The number of benzene rings is 1. The van der Waals surface area contributed by atoms with Crippen LogP contribution >= 0.6 is 35.3 Å². The first-order valence-corrected chi connectivity index (χ1v) is 12.1. The number of aryl methyl sites for hydroxylation is 2. The van der Waals surface area contributed by atoms with Crippen molar-refractivity contribution < 1.29 is 4.74 Å². The molecule has 32 heavy (non-hydrogen) atoms. The number of nitrogens with zero attached hydrogens (tertiary/aromatic N) is 3. The number of ether oxygens (including phenoxy) is 1. The first-order valence-electron chi connectivity index (χ1n) is 11.3. The highest BCUT2D eigenvalue weighted by Gasteiger charge is 2.21. The Bertz CT molecular complexity index is 825. The number of thiazole rings is 1. The highest BCUT2D eigenvalue weighted by molar-refractivity contribution is 14.0. The number of guanidine groups is 1. The number of rotatable bonds is 8. The molecule has 1 aliphatic rings. The van der Waals surface area contributed by atoms with Crippen molar-refractivity contribution in [2.45, 2.75) is 66.3 Å². The maximum Gasteiger partial charge on any atom is 0.191 e. The average Bonchev–Trinajstić information content (AvgIpc) is 3.04. The quantitative estimate of drug-likeness (QED) is 0.282. The summed E-state index contributed by atoms with van der Waals surface area (Å²) in [6.45, 7) is 15.9. The van der Waals surface area contributed by atoms with E-state index in [0.717, 1.165) is 50.8 Å². The van der Waals surface area contributed by atoms with Gasteiger partial charge in [-0.1, -0.05) is 24.3 Å². The maximum atomic E-state index is 5.84. The molecular formula is C24H38IN5OS. The van der Waals surface area contributed by atoms with Gasteiger partial charge in [-0.25, -0.2) is 9.98 Å². The summed E-state index contributed by atoms with van der Waals surface area (Å²) in [4.78, 5) is 13.1. The maximum absolute atomic E-state index is 5.84. The molecule has 2 N–H and O–H groups in total. The second-order valence-electron chi connectivity index (χ2n) is 8.39. The van der Waals surface area contributed by atoms with Crippen molar-refractivity contribution >= 4 is 41.3 Å². The van der Waals surface area contributed by atoms with Gasteiger partial charge < -0.3 is 15.4 Å². The van der Waals surface area contributed by atoms with E-state index in [4.69, 9.17) is 9.73 Å². The molecule has 1 fully saturated rings. The third-order valence-electron chi connectivity index (χ3n) is 5.39. The van der Waals surface area contributed by atoms with Crippen LogP contribution in [0.25, 0.3) is 0 Å². The summed E-state index contributed by atoms with van der Waals surface area (Å²) in [6, 6.07) is 8.83. The van der Waals surface area contributed by atoms with Crippen molar-refractivity contribution in [1.29, 1.82) is 0 Å². The van der Waals surface area contributed by atoms with E-state index < -0.39 is 0 Å². The van der Waals surface area contributed by atoms with Gasteiger partial charge >= 0.3 is 0 Å². The van der Waals surface area contributed by atoms with E-state index in [2.05, 4.69) is 79.4 Å². The normalized spacial score (nSPS) is 19.5. The van der Waals surface area contributed by atoms with E-state index in [9.17, 15) is 0 Å². The molecule has 1 aliphatic heterocycles.